The number of benzene rings is 2. The Morgan fingerprint density at radius 1 is 1.23 bits per heavy atom. The number of methoxy groups -OCH3 is 1. The van der Waals surface area contributed by atoms with E-state index in [2.05, 4.69) is 23.1 Å². The first-order chi connectivity index (χ1) is 12.7. The molecule has 2 aromatic rings. The zero-order valence-corrected chi connectivity index (χ0v) is 14.8. The predicted molar refractivity (Wildman–Crippen MR) is 100 cm³/mol. The third kappa shape index (κ3) is 3.06. The van der Waals surface area contributed by atoms with Gasteiger partial charge in [-0.1, -0.05) is 36.4 Å². The lowest BCUT2D eigenvalue weighted by Crippen LogP contribution is -2.49. The number of amides is 1. The van der Waals surface area contributed by atoms with E-state index >= 15 is 0 Å². The Balaban J connectivity index is 1.60. The average Bonchev–Trinajstić information content (AvgIpc) is 2.66. The number of nitrogens with two attached hydrogens (primary N) is 1. The molecule has 0 aliphatic carbocycles. The lowest BCUT2D eigenvalue weighted by atomic mass is 9.93. The Hall–Kier alpha value is -2.79. The van der Waals surface area contributed by atoms with Crippen LogP contribution in [0.3, 0.4) is 0 Å². The van der Waals surface area contributed by atoms with Crippen molar-refractivity contribution in [3.63, 3.8) is 0 Å². The molecular formula is C21H22N2O3. The van der Waals surface area contributed by atoms with Gasteiger partial charge in [0.05, 0.1) is 13.2 Å². The van der Waals surface area contributed by atoms with Crippen LogP contribution in [-0.2, 0) is 17.8 Å². The Morgan fingerprint density at radius 3 is 2.81 bits per heavy atom. The van der Waals surface area contributed by atoms with E-state index < -0.39 is 0 Å². The molecule has 0 fully saturated rings. The highest BCUT2D eigenvalue weighted by molar-refractivity contribution is 5.80. The second kappa shape index (κ2) is 6.84. The van der Waals surface area contributed by atoms with Crippen LogP contribution in [-0.4, -0.2) is 37.1 Å². The second-order valence-electron chi connectivity index (χ2n) is 6.77. The van der Waals surface area contributed by atoms with Crippen LogP contribution in [0.4, 0.5) is 0 Å². The number of ether oxygens (including phenoxy) is 2. The van der Waals surface area contributed by atoms with Crippen molar-refractivity contribution in [1.29, 1.82) is 0 Å². The molecule has 0 saturated heterocycles. The van der Waals surface area contributed by atoms with Crippen LogP contribution >= 0.6 is 0 Å². The second-order valence-corrected chi connectivity index (χ2v) is 6.77. The maximum absolute atomic E-state index is 12.0. The van der Waals surface area contributed by atoms with E-state index in [-0.39, 0.29) is 11.9 Å². The number of para-hydroxylation sites is 1. The fourth-order valence-electron chi connectivity index (χ4n) is 3.76. The van der Waals surface area contributed by atoms with Crippen LogP contribution in [0, 0.1) is 0 Å². The van der Waals surface area contributed by atoms with Gasteiger partial charge in [0.15, 0.2) is 11.5 Å². The van der Waals surface area contributed by atoms with Gasteiger partial charge in [0.1, 0.15) is 6.61 Å². The minimum Gasteiger partial charge on any atom is -0.493 e. The number of nitrogens with zero attached hydrogens (tertiary/aromatic N) is 1. The molecule has 0 aromatic heterocycles. The van der Waals surface area contributed by atoms with Crippen LogP contribution in [0.25, 0.3) is 6.08 Å². The molecule has 0 bridgehead atoms. The van der Waals surface area contributed by atoms with E-state index in [0.717, 1.165) is 22.6 Å². The number of hydrogen-bond donors (Lipinski definition) is 1. The maximum Gasteiger partial charge on any atom is 0.235 e. The van der Waals surface area contributed by atoms with Gasteiger partial charge in [0, 0.05) is 18.7 Å². The zero-order chi connectivity index (χ0) is 18.1. The van der Waals surface area contributed by atoms with E-state index in [4.69, 9.17) is 15.2 Å². The maximum atomic E-state index is 12.0. The van der Waals surface area contributed by atoms with Crippen LogP contribution in [0.15, 0.2) is 48.0 Å². The molecule has 26 heavy (non-hydrogen) atoms. The Bertz CT molecular complexity index is 875. The SMILES string of the molecule is COc1cccc2c1OCC(CN1Cc3ccccc3CC1C(N)=O)=C2. The predicted octanol–water partition coefficient (Wildman–Crippen LogP) is 2.38. The van der Waals surface area contributed by atoms with Crippen molar-refractivity contribution in [1.82, 2.24) is 4.90 Å². The van der Waals surface area contributed by atoms with Gasteiger partial charge in [-0.25, -0.2) is 0 Å². The van der Waals surface area contributed by atoms with Crippen molar-refractivity contribution in [2.75, 3.05) is 20.3 Å². The Morgan fingerprint density at radius 2 is 2.04 bits per heavy atom. The first-order valence-electron chi connectivity index (χ1n) is 8.75. The molecule has 2 aliphatic rings. The first kappa shape index (κ1) is 16.7. The highest BCUT2D eigenvalue weighted by Gasteiger charge is 2.31. The number of carbonyl (C=O) groups is 1. The van der Waals surface area contributed by atoms with Crippen molar-refractivity contribution in [2.45, 2.75) is 19.0 Å². The van der Waals surface area contributed by atoms with Gasteiger partial charge in [-0.05, 0) is 35.3 Å². The summed E-state index contributed by atoms with van der Waals surface area (Å²) in [4.78, 5) is 14.2. The summed E-state index contributed by atoms with van der Waals surface area (Å²) in [5.74, 6) is 1.23. The third-order valence-corrected chi connectivity index (χ3v) is 5.07. The first-order valence-corrected chi connectivity index (χ1v) is 8.75. The molecule has 2 heterocycles. The van der Waals surface area contributed by atoms with Gasteiger partial charge in [0.25, 0.3) is 0 Å². The molecule has 4 rings (SSSR count). The number of hydrogen-bond acceptors (Lipinski definition) is 4. The smallest absolute Gasteiger partial charge is 0.235 e. The fraction of sp³-hybridized carbons (Fsp3) is 0.286. The topological polar surface area (TPSA) is 64.8 Å². The molecule has 1 atom stereocenters. The number of primary amides is 1. The highest BCUT2D eigenvalue weighted by Crippen LogP contribution is 2.36. The number of rotatable bonds is 4. The highest BCUT2D eigenvalue weighted by atomic mass is 16.5. The summed E-state index contributed by atoms with van der Waals surface area (Å²) >= 11 is 0. The van der Waals surface area contributed by atoms with Crippen molar-refractivity contribution in [3.05, 3.63) is 64.7 Å². The quantitative estimate of drug-likeness (QED) is 0.920. The molecule has 5 heteroatoms. The van der Waals surface area contributed by atoms with Crippen LogP contribution < -0.4 is 15.2 Å². The standard InChI is InChI=1S/C21H22N2O3/c1-25-19-8-4-7-16-9-14(13-26-20(16)19)11-23-12-17-6-3-2-5-15(17)10-18(23)21(22)24/h2-9,18H,10-13H2,1H3,(H2,22,24). The monoisotopic (exact) mass is 350 g/mol. The summed E-state index contributed by atoms with van der Waals surface area (Å²) in [6, 6.07) is 13.8. The summed E-state index contributed by atoms with van der Waals surface area (Å²) in [6.45, 7) is 1.85. The minimum atomic E-state index is -0.294. The average molecular weight is 350 g/mol. The molecule has 0 saturated carbocycles. The summed E-state index contributed by atoms with van der Waals surface area (Å²) in [7, 11) is 1.64. The molecule has 2 N–H and O–H groups in total. The summed E-state index contributed by atoms with van der Waals surface area (Å²) in [6.07, 6.45) is 2.78. The molecular weight excluding hydrogens is 328 g/mol. The van der Waals surface area contributed by atoms with Gasteiger partial charge >= 0.3 is 0 Å². The summed E-state index contributed by atoms with van der Waals surface area (Å²) < 4.78 is 11.3. The molecule has 0 spiro atoms. The van der Waals surface area contributed by atoms with Gasteiger partial charge in [-0.3, -0.25) is 9.69 Å². The lowest BCUT2D eigenvalue weighted by Gasteiger charge is -2.36. The lowest BCUT2D eigenvalue weighted by molar-refractivity contribution is -0.123. The molecule has 1 unspecified atom stereocenters. The van der Waals surface area contributed by atoms with E-state index in [1.54, 1.807) is 7.11 Å². The largest absolute Gasteiger partial charge is 0.493 e. The molecule has 134 valence electrons. The van der Waals surface area contributed by atoms with E-state index in [1.165, 1.54) is 11.1 Å². The van der Waals surface area contributed by atoms with Gasteiger partial charge < -0.3 is 15.2 Å². The fourth-order valence-corrected chi connectivity index (χ4v) is 3.76. The zero-order valence-electron chi connectivity index (χ0n) is 14.8. The number of fused-ring (bicyclic) bond motifs is 2. The van der Waals surface area contributed by atoms with E-state index in [1.807, 2.05) is 30.3 Å². The molecule has 0 radical (unpaired) electrons. The van der Waals surface area contributed by atoms with Gasteiger partial charge in [-0.2, -0.15) is 0 Å². The summed E-state index contributed by atoms with van der Waals surface area (Å²) in [5.41, 5.74) is 10.3. The normalized spacial score (nSPS) is 19.0. The molecule has 2 aliphatic heterocycles. The molecule has 1 amide bonds. The van der Waals surface area contributed by atoms with Crippen molar-refractivity contribution in [2.24, 2.45) is 5.73 Å². The van der Waals surface area contributed by atoms with Gasteiger partial charge in [0.2, 0.25) is 5.91 Å². The van der Waals surface area contributed by atoms with Crippen molar-refractivity contribution < 1.29 is 14.3 Å². The van der Waals surface area contributed by atoms with Crippen molar-refractivity contribution >= 4 is 12.0 Å². The molecule has 5 nitrogen and oxygen atoms in total. The van der Waals surface area contributed by atoms with Gasteiger partial charge in [-0.15, -0.1) is 0 Å². The minimum absolute atomic E-state index is 0.279. The van der Waals surface area contributed by atoms with Crippen LogP contribution in [0.1, 0.15) is 16.7 Å². The van der Waals surface area contributed by atoms with Crippen molar-refractivity contribution in [3.8, 4) is 11.5 Å². The van der Waals surface area contributed by atoms with E-state index in [0.29, 0.717) is 26.1 Å². The van der Waals surface area contributed by atoms with E-state index in [9.17, 15) is 4.79 Å². The van der Waals surface area contributed by atoms with Crippen LogP contribution in [0.2, 0.25) is 0 Å². The number of carbonyl (C=O) groups excluding carboxylic acids is 1. The molecule has 2 aromatic carbocycles. The Labute approximate surface area is 153 Å². The Kier molecular flexibility index (Phi) is 4.39. The summed E-state index contributed by atoms with van der Waals surface area (Å²) in [5, 5.41) is 0. The van der Waals surface area contributed by atoms with Crippen LogP contribution in [0.5, 0.6) is 11.5 Å². The third-order valence-electron chi connectivity index (χ3n) is 5.07.